The first-order valence-corrected chi connectivity index (χ1v) is 5.29. The van der Waals surface area contributed by atoms with E-state index in [-0.39, 0.29) is 30.6 Å². The monoisotopic (exact) mass is 250 g/mol. The minimum Gasteiger partial charge on any atom is -0.478 e. The molecule has 0 unspecified atom stereocenters. The van der Waals surface area contributed by atoms with Gasteiger partial charge in [0, 0.05) is 24.0 Å². The van der Waals surface area contributed by atoms with Crippen molar-refractivity contribution in [3.8, 4) is 0 Å². The maximum Gasteiger partial charge on any atom is 0.333 e. The lowest BCUT2D eigenvalue weighted by molar-refractivity contribution is -0.140. The van der Waals surface area contributed by atoms with Gasteiger partial charge in [0.2, 0.25) is 0 Å². The summed E-state index contributed by atoms with van der Waals surface area (Å²) in [5, 5.41) is 8.56. The fraction of sp³-hybridized carbons (Fsp3) is 0.231. The molecule has 1 aromatic heterocycles. The van der Waals surface area contributed by atoms with Crippen LogP contribution < -0.4 is 0 Å². The fourth-order valence-corrected chi connectivity index (χ4v) is 1.17. The minimum absolute atomic E-state index is 0.000512. The van der Waals surface area contributed by atoms with E-state index in [1.54, 1.807) is 12.1 Å². The first-order valence-electron chi connectivity index (χ1n) is 5.29. The average molecular weight is 250 g/mol. The molecule has 5 nitrogen and oxygen atoms in total. The highest BCUT2D eigenvalue weighted by molar-refractivity contribution is 5.88. The second-order valence-electron chi connectivity index (χ2n) is 3.65. The van der Waals surface area contributed by atoms with Gasteiger partial charge in [0.05, 0.1) is 12.9 Å². The third kappa shape index (κ3) is 4.29. The van der Waals surface area contributed by atoms with Crippen LogP contribution in [0.1, 0.15) is 12.2 Å². The van der Waals surface area contributed by atoms with Crippen molar-refractivity contribution in [3.63, 3.8) is 0 Å². The quantitative estimate of drug-likeness (QED) is 0.591. The Kier molecular flexibility index (Phi) is 4.92. The molecule has 0 aliphatic carbocycles. The molecule has 0 aliphatic rings. The Bertz CT molecular complexity index is 456. The number of hydrogen-bond acceptors (Lipinski definition) is 4. The molecule has 1 aromatic rings. The Hall–Kier alpha value is -2.30. The molecular formula is C13H14O5. The van der Waals surface area contributed by atoms with Crippen molar-refractivity contribution in [3.05, 3.63) is 48.5 Å². The number of carboxylic acid groups (broad SMARTS) is 1. The van der Waals surface area contributed by atoms with E-state index < -0.39 is 11.9 Å². The summed E-state index contributed by atoms with van der Waals surface area (Å²) in [5.41, 5.74) is 0.255. The SMILES string of the molecule is C=C(CCOC(=O)C(=C)Cc1ccco1)C(=O)O. The van der Waals surface area contributed by atoms with Crippen LogP contribution in [0.2, 0.25) is 0 Å². The summed E-state index contributed by atoms with van der Waals surface area (Å²) >= 11 is 0. The van der Waals surface area contributed by atoms with Crippen LogP contribution in [0, 0.1) is 0 Å². The first kappa shape index (κ1) is 13.8. The van der Waals surface area contributed by atoms with Gasteiger partial charge in [-0.15, -0.1) is 0 Å². The molecule has 0 amide bonds. The van der Waals surface area contributed by atoms with Crippen LogP contribution in [0.15, 0.2) is 47.1 Å². The van der Waals surface area contributed by atoms with Gasteiger partial charge in [0.25, 0.3) is 0 Å². The molecule has 0 aliphatic heterocycles. The molecule has 5 heteroatoms. The smallest absolute Gasteiger partial charge is 0.333 e. The van der Waals surface area contributed by atoms with E-state index in [4.69, 9.17) is 14.3 Å². The van der Waals surface area contributed by atoms with Gasteiger partial charge in [-0.3, -0.25) is 0 Å². The standard InChI is InChI=1S/C13H14O5/c1-9(12(14)15)5-7-18-13(16)10(2)8-11-4-3-6-17-11/h3-4,6H,1-2,5,7-8H2,(H,14,15). The highest BCUT2D eigenvalue weighted by Crippen LogP contribution is 2.09. The van der Waals surface area contributed by atoms with Gasteiger partial charge in [-0.2, -0.15) is 0 Å². The Morgan fingerprint density at radius 3 is 2.61 bits per heavy atom. The van der Waals surface area contributed by atoms with E-state index in [2.05, 4.69) is 13.2 Å². The second kappa shape index (κ2) is 6.44. The molecule has 0 aromatic carbocycles. The topological polar surface area (TPSA) is 76.7 Å². The average Bonchev–Trinajstić information content (AvgIpc) is 2.81. The van der Waals surface area contributed by atoms with Gasteiger partial charge >= 0.3 is 11.9 Å². The minimum atomic E-state index is -1.10. The fourth-order valence-electron chi connectivity index (χ4n) is 1.17. The van der Waals surface area contributed by atoms with Crippen molar-refractivity contribution in [2.24, 2.45) is 0 Å². The number of furan rings is 1. The lowest BCUT2D eigenvalue weighted by Gasteiger charge is -2.06. The lowest BCUT2D eigenvalue weighted by atomic mass is 10.2. The third-order valence-electron chi connectivity index (χ3n) is 2.20. The molecule has 0 saturated heterocycles. The van der Waals surface area contributed by atoms with E-state index >= 15 is 0 Å². The van der Waals surface area contributed by atoms with Crippen LogP contribution in [-0.2, 0) is 20.7 Å². The van der Waals surface area contributed by atoms with E-state index in [9.17, 15) is 9.59 Å². The molecule has 18 heavy (non-hydrogen) atoms. The van der Waals surface area contributed by atoms with Crippen molar-refractivity contribution < 1.29 is 23.8 Å². The molecule has 0 saturated carbocycles. The van der Waals surface area contributed by atoms with Crippen LogP contribution in [0.25, 0.3) is 0 Å². The summed E-state index contributed by atoms with van der Waals surface area (Å²) in [6.07, 6.45) is 1.87. The van der Waals surface area contributed by atoms with Crippen LogP contribution in [0.4, 0.5) is 0 Å². The highest BCUT2D eigenvalue weighted by Gasteiger charge is 2.11. The zero-order chi connectivity index (χ0) is 13.5. The molecule has 0 atom stereocenters. The Labute approximate surface area is 104 Å². The van der Waals surface area contributed by atoms with E-state index in [0.29, 0.717) is 5.76 Å². The predicted molar refractivity (Wildman–Crippen MR) is 63.9 cm³/mol. The van der Waals surface area contributed by atoms with Gasteiger partial charge < -0.3 is 14.3 Å². The largest absolute Gasteiger partial charge is 0.478 e. The summed E-state index contributed by atoms with van der Waals surface area (Å²) in [7, 11) is 0. The van der Waals surface area contributed by atoms with Gasteiger partial charge in [-0.1, -0.05) is 13.2 Å². The summed E-state index contributed by atoms with van der Waals surface area (Å²) < 4.78 is 9.94. The van der Waals surface area contributed by atoms with E-state index in [0.717, 1.165) is 0 Å². The van der Waals surface area contributed by atoms with Gasteiger partial charge in [-0.05, 0) is 12.1 Å². The van der Waals surface area contributed by atoms with Crippen LogP contribution in [0.3, 0.4) is 0 Å². The zero-order valence-electron chi connectivity index (χ0n) is 9.85. The third-order valence-corrected chi connectivity index (χ3v) is 2.20. The Morgan fingerprint density at radius 2 is 2.06 bits per heavy atom. The zero-order valence-corrected chi connectivity index (χ0v) is 9.85. The maximum absolute atomic E-state index is 11.5. The van der Waals surface area contributed by atoms with Crippen molar-refractivity contribution >= 4 is 11.9 Å². The van der Waals surface area contributed by atoms with Crippen molar-refractivity contribution in [2.45, 2.75) is 12.8 Å². The molecule has 0 radical (unpaired) electrons. The number of ether oxygens (including phenoxy) is 1. The normalized spacial score (nSPS) is 9.78. The Morgan fingerprint density at radius 1 is 1.33 bits per heavy atom. The predicted octanol–water partition coefficient (Wildman–Crippen LogP) is 1.95. The molecule has 96 valence electrons. The number of rotatable bonds is 7. The molecule has 0 fully saturated rings. The number of esters is 1. The number of carboxylic acids is 1. The van der Waals surface area contributed by atoms with Crippen molar-refractivity contribution in [1.82, 2.24) is 0 Å². The summed E-state index contributed by atoms with van der Waals surface area (Å²) in [6, 6.07) is 3.44. The van der Waals surface area contributed by atoms with Crippen LogP contribution in [0.5, 0.6) is 0 Å². The molecular weight excluding hydrogens is 236 g/mol. The number of hydrogen-bond donors (Lipinski definition) is 1. The van der Waals surface area contributed by atoms with Gasteiger partial charge in [-0.25, -0.2) is 9.59 Å². The van der Waals surface area contributed by atoms with E-state index in [1.165, 1.54) is 6.26 Å². The van der Waals surface area contributed by atoms with Crippen molar-refractivity contribution in [2.75, 3.05) is 6.61 Å². The maximum atomic E-state index is 11.5. The first-order chi connectivity index (χ1) is 8.50. The molecule has 0 spiro atoms. The summed E-state index contributed by atoms with van der Waals surface area (Å²) in [4.78, 5) is 21.9. The Balaban J connectivity index is 2.30. The van der Waals surface area contributed by atoms with Crippen LogP contribution >= 0.6 is 0 Å². The second-order valence-corrected chi connectivity index (χ2v) is 3.65. The number of carbonyl (C=O) groups is 2. The highest BCUT2D eigenvalue weighted by atomic mass is 16.5. The molecule has 1 N–H and O–H groups in total. The summed E-state index contributed by atoms with van der Waals surface area (Å²) in [6.45, 7) is 6.89. The van der Waals surface area contributed by atoms with Crippen LogP contribution in [-0.4, -0.2) is 23.7 Å². The summed E-state index contributed by atoms with van der Waals surface area (Å²) in [5.74, 6) is -1.04. The van der Waals surface area contributed by atoms with E-state index in [1.807, 2.05) is 0 Å². The molecule has 1 heterocycles. The lowest BCUT2D eigenvalue weighted by Crippen LogP contribution is -2.11. The molecule has 0 bridgehead atoms. The van der Waals surface area contributed by atoms with Gasteiger partial charge in [0.1, 0.15) is 5.76 Å². The van der Waals surface area contributed by atoms with Gasteiger partial charge in [0.15, 0.2) is 0 Å². The van der Waals surface area contributed by atoms with Crippen molar-refractivity contribution in [1.29, 1.82) is 0 Å². The number of carbonyl (C=O) groups excluding carboxylic acids is 1. The number of aliphatic carboxylic acids is 1. The molecule has 1 rings (SSSR count).